The summed E-state index contributed by atoms with van der Waals surface area (Å²) in [6, 6.07) is 3.56. The zero-order chi connectivity index (χ0) is 13.7. The van der Waals surface area contributed by atoms with Crippen LogP contribution >= 0.6 is 0 Å². The normalized spacial score (nSPS) is 10.6. The van der Waals surface area contributed by atoms with E-state index in [1.165, 1.54) is 6.07 Å². The Balaban J connectivity index is 2.81. The van der Waals surface area contributed by atoms with Crippen LogP contribution < -0.4 is 0 Å². The summed E-state index contributed by atoms with van der Waals surface area (Å²) >= 11 is 0. The van der Waals surface area contributed by atoms with Gasteiger partial charge in [-0.1, -0.05) is 13.0 Å². The molecule has 0 unspecified atom stereocenters. The predicted molar refractivity (Wildman–Crippen MR) is 61.6 cm³/mol. The molecule has 1 N–H and O–H groups in total. The van der Waals surface area contributed by atoms with Crippen LogP contribution in [0.3, 0.4) is 0 Å². The van der Waals surface area contributed by atoms with Gasteiger partial charge in [-0.2, -0.15) is 4.39 Å². The van der Waals surface area contributed by atoms with Gasteiger partial charge in [-0.15, -0.1) is 0 Å². The van der Waals surface area contributed by atoms with Crippen molar-refractivity contribution < 1.29 is 19.2 Å². The number of nitro benzene ring substituents is 1. The van der Waals surface area contributed by atoms with E-state index in [1.807, 2.05) is 0 Å². The van der Waals surface area contributed by atoms with Gasteiger partial charge in [0.05, 0.1) is 11.5 Å². The summed E-state index contributed by atoms with van der Waals surface area (Å²) in [6.45, 7) is 2.35. The van der Waals surface area contributed by atoms with Gasteiger partial charge in [0.1, 0.15) is 0 Å². The molecule has 1 aromatic rings. The van der Waals surface area contributed by atoms with E-state index in [1.54, 1.807) is 11.8 Å². The van der Waals surface area contributed by atoms with Crippen LogP contribution in [0.4, 0.5) is 10.1 Å². The molecule has 0 spiro atoms. The Morgan fingerprint density at radius 3 is 2.67 bits per heavy atom. The van der Waals surface area contributed by atoms with Crippen molar-refractivity contribution in [2.45, 2.75) is 13.5 Å². The highest BCUT2D eigenvalue weighted by Gasteiger charge is 2.15. The molecule has 0 radical (unpaired) electrons. The Labute approximate surface area is 103 Å². The average molecular weight is 256 g/mol. The van der Waals surface area contributed by atoms with E-state index < -0.39 is 22.4 Å². The van der Waals surface area contributed by atoms with E-state index in [9.17, 15) is 19.3 Å². The number of hydrogen-bond acceptors (Lipinski definition) is 4. The van der Waals surface area contributed by atoms with Gasteiger partial charge >= 0.3 is 11.7 Å². The van der Waals surface area contributed by atoms with Gasteiger partial charge in [-0.05, 0) is 18.2 Å². The molecule has 0 bridgehead atoms. The summed E-state index contributed by atoms with van der Waals surface area (Å²) in [5.74, 6) is -1.89. The van der Waals surface area contributed by atoms with Crippen LogP contribution in [0.5, 0.6) is 0 Å². The van der Waals surface area contributed by atoms with E-state index in [4.69, 9.17) is 5.11 Å². The number of nitrogens with zero attached hydrogens (tertiary/aromatic N) is 2. The Morgan fingerprint density at radius 1 is 1.56 bits per heavy atom. The summed E-state index contributed by atoms with van der Waals surface area (Å²) in [5, 5.41) is 19.1. The first kappa shape index (κ1) is 14.0. The maximum Gasteiger partial charge on any atom is 0.317 e. The molecule has 0 aliphatic rings. The summed E-state index contributed by atoms with van der Waals surface area (Å²) in [6.07, 6.45) is 0. The van der Waals surface area contributed by atoms with Crippen LogP contribution in [0.2, 0.25) is 0 Å². The number of aliphatic carboxylic acids is 1. The maximum atomic E-state index is 13.3. The lowest BCUT2D eigenvalue weighted by atomic mass is 10.2. The molecule has 0 saturated heterocycles. The van der Waals surface area contributed by atoms with E-state index in [0.717, 1.165) is 12.1 Å². The highest BCUT2D eigenvalue weighted by atomic mass is 19.1. The van der Waals surface area contributed by atoms with Crippen LogP contribution in [-0.4, -0.2) is 34.0 Å². The van der Waals surface area contributed by atoms with Gasteiger partial charge < -0.3 is 5.11 Å². The van der Waals surface area contributed by atoms with Crippen molar-refractivity contribution in [2.75, 3.05) is 13.1 Å². The molecule has 0 fully saturated rings. The molecular weight excluding hydrogens is 243 g/mol. The van der Waals surface area contributed by atoms with Crippen LogP contribution in [0.1, 0.15) is 12.5 Å². The molecule has 0 saturated carbocycles. The minimum absolute atomic E-state index is 0.158. The molecule has 1 rings (SSSR count). The predicted octanol–water partition coefficient (Wildman–Crippen LogP) is 1.64. The second-order valence-electron chi connectivity index (χ2n) is 3.74. The second-order valence-corrected chi connectivity index (χ2v) is 3.74. The molecule has 0 aliphatic carbocycles. The van der Waals surface area contributed by atoms with Gasteiger partial charge in [-0.3, -0.25) is 19.8 Å². The van der Waals surface area contributed by atoms with Crippen molar-refractivity contribution in [3.63, 3.8) is 0 Å². The fourth-order valence-electron chi connectivity index (χ4n) is 1.53. The molecule has 0 aromatic heterocycles. The lowest BCUT2D eigenvalue weighted by molar-refractivity contribution is -0.387. The molecule has 1 aromatic carbocycles. The van der Waals surface area contributed by atoms with Crippen molar-refractivity contribution in [1.29, 1.82) is 0 Å². The molecule has 0 atom stereocenters. The average Bonchev–Trinajstić information content (AvgIpc) is 2.27. The van der Waals surface area contributed by atoms with Crippen LogP contribution in [0, 0.1) is 15.9 Å². The van der Waals surface area contributed by atoms with Gasteiger partial charge in [0.15, 0.2) is 0 Å². The van der Waals surface area contributed by atoms with Crippen molar-refractivity contribution in [1.82, 2.24) is 4.90 Å². The van der Waals surface area contributed by atoms with Crippen molar-refractivity contribution >= 4 is 11.7 Å². The third-order valence-electron chi connectivity index (χ3n) is 2.42. The Bertz CT molecular complexity index is 464. The molecule has 18 heavy (non-hydrogen) atoms. The molecule has 6 nitrogen and oxygen atoms in total. The topological polar surface area (TPSA) is 83.7 Å². The van der Waals surface area contributed by atoms with Gasteiger partial charge in [-0.25, -0.2) is 0 Å². The fraction of sp³-hybridized carbons (Fsp3) is 0.364. The van der Waals surface area contributed by atoms with Crippen molar-refractivity contribution in [2.24, 2.45) is 0 Å². The van der Waals surface area contributed by atoms with Gasteiger partial charge in [0, 0.05) is 12.6 Å². The molecule has 98 valence electrons. The smallest absolute Gasteiger partial charge is 0.317 e. The highest BCUT2D eigenvalue weighted by Crippen LogP contribution is 2.18. The Kier molecular flexibility index (Phi) is 4.73. The summed E-state index contributed by atoms with van der Waals surface area (Å²) in [7, 11) is 0. The summed E-state index contributed by atoms with van der Waals surface area (Å²) in [5.41, 5.74) is -0.0822. The monoisotopic (exact) mass is 256 g/mol. The molecular formula is C11H13FN2O4. The highest BCUT2D eigenvalue weighted by molar-refractivity contribution is 5.69. The van der Waals surface area contributed by atoms with Crippen molar-refractivity contribution in [3.05, 3.63) is 39.7 Å². The first-order valence-electron chi connectivity index (χ1n) is 5.31. The Morgan fingerprint density at radius 2 is 2.22 bits per heavy atom. The third-order valence-corrected chi connectivity index (χ3v) is 2.42. The number of carbonyl (C=O) groups is 1. The van der Waals surface area contributed by atoms with Gasteiger partial charge in [0.25, 0.3) is 0 Å². The number of carboxylic acids is 1. The van der Waals surface area contributed by atoms with Crippen LogP contribution in [0.25, 0.3) is 0 Å². The molecule has 0 amide bonds. The number of halogens is 1. The molecule has 0 heterocycles. The quantitative estimate of drug-likeness (QED) is 0.618. The lowest BCUT2D eigenvalue weighted by Crippen LogP contribution is -2.29. The minimum atomic E-state index is -0.973. The zero-order valence-corrected chi connectivity index (χ0v) is 9.80. The Hall–Kier alpha value is -2.02. The lowest BCUT2D eigenvalue weighted by Gasteiger charge is -2.17. The second kappa shape index (κ2) is 6.06. The third kappa shape index (κ3) is 3.77. The summed E-state index contributed by atoms with van der Waals surface area (Å²) < 4.78 is 13.3. The number of carboxylic acid groups (broad SMARTS) is 1. The standard InChI is InChI=1S/C11H13FN2O4/c1-2-13(7-11(15)16)6-8-3-4-10(14(17)18)9(12)5-8/h3-5H,2,6-7H2,1H3,(H,15,16). The van der Waals surface area contributed by atoms with E-state index in [2.05, 4.69) is 0 Å². The van der Waals surface area contributed by atoms with E-state index in [0.29, 0.717) is 12.1 Å². The largest absolute Gasteiger partial charge is 0.480 e. The SMILES string of the molecule is CCN(CC(=O)O)Cc1ccc([N+](=O)[O-])c(F)c1. The number of likely N-dealkylation sites (N-methyl/N-ethyl adjacent to an activating group) is 1. The van der Waals surface area contributed by atoms with Crippen LogP contribution in [-0.2, 0) is 11.3 Å². The molecule has 0 aliphatic heterocycles. The fourth-order valence-corrected chi connectivity index (χ4v) is 1.53. The number of rotatable bonds is 6. The summed E-state index contributed by atoms with van der Waals surface area (Å²) in [4.78, 5) is 21.8. The van der Waals surface area contributed by atoms with Crippen molar-refractivity contribution in [3.8, 4) is 0 Å². The van der Waals surface area contributed by atoms with E-state index >= 15 is 0 Å². The number of hydrogen-bond donors (Lipinski definition) is 1. The number of benzene rings is 1. The molecule has 7 heteroatoms. The van der Waals surface area contributed by atoms with Crippen LogP contribution in [0.15, 0.2) is 18.2 Å². The first-order valence-corrected chi connectivity index (χ1v) is 5.31. The zero-order valence-electron chi connectivity index (χ0n) is 9.80. The number of nitro groups is 1. The van der Waals surface area contributed by atoms with Gasteiger partial charge in [0.2, 0.25) is 5.82 Å². The first-order chi connectivity index (χ1) is 8.43. The maximum absolute atomic E-state index is 13.3. The van der Waals surface area contributed by atoms with E-state index in [-0.39, 0.29) is 13.1 Å². The minimum Gasteiger partial charge on any atom is -0.480 e.